The van der Waals surface area contributed by atoms with Crippen molar-refractivity contribution in [2.75, 3.05) is 6.61 Å². The van der Waals surface area contributed by atoms with Crippen LogP contribution in [0.4, 0.5) is 4.39 Å². The molecule has 1 heterocycles. The van der Waals surface area contributed by atoms with Crippen molar-refractivity contribution in [3.63, 3.8) is 0 Å². The second kappa shape index (κ2) is 5.27. The van der Waals surface area contributed by atoms with Gasteiger partial charge in [0.1, 0.15) is 6.73 Å². The molecule has 0 fully saturated rings. The lowest BCUT2D eigenvalue weighted by Crippen LogP contribution is -2.21. The summed E-state index contributed by atoms with van der Waals surface area (Å²) in [5, 5.41) is 0. The van der Waals surface area contributed by atoms with Crippen LogP contribution < -0.4 is 0 Å². The van der Waals surface area contributed by atoms with E-state index in [4.69, 9.17) is 4.74 Å². The standard InChI is InChI=1S/C10H17BrFNOSi/c1-15(2,3)5-4-14-8-13-6-9(11)10(12)7-13/h6-7H,4-5,8H2,1-3H3. The highest BCUT2D eigenvalue weighted by Gasteiger charge is 2.12. The largest absolute Gasteiger partial charge is 0.361 e. The van der Waals surface area contributed by atoms with Crippen LogP contribution in [0.2, 0.25) is 25.7 Å². The van der Waals surface area contributed by atoms with Gasteiger partial charge < -0.3 is 9.30 Å². The average Bonchev–Trinajstić information content (AvgIpc) is 2.39. The minimum atomic E-state index is -1.02. The predicted octanol–water partition coefficient (Wildman–Crippen LogP) is 3.70. The quantitative estimate of drug-likeness (QED) is 0.596. The summed E-state index contributed by atoms with van der Waals surface area (Å²) in [4.78, 5) is 0. The molecular formula is C10H17BrFNOSi. The molecular weight excluding hydrogens is 277 g/mol. The van der Waals surface area contributed by atoms with Crippen LogP contribution in [0.25, 0.3) is 0 Å². The zero-order valence-electron chi connectivity index (χ0n) is 9.39. The van der Waals surface area contributed by atoms with E-state index in [1.807, 2.05) is 0 Å². The molecule has 0 saturated carbocycles. The van der Waals surface area contributed by atoms with Crippen molar-refractivity contribution in [3.8, 4) is 0 Å². The van der Waals surface area contributed by atoms with Crippen LogP contribution in [-0.4, -0.2) is 19.2 Å². The normalized spacial score (nSPS) is 12.1. The maximum absolute atomic E-state index is 12.9. The molecule has 86 valence electrons. The van der Waals surface area contributed by atoms with Gasteiger partial charge in [-0.3, -0.25) is 0 Å². The fourth-order valence-corrected chi connectivity index (χ4v) is 2.20. The first-order chi connectivity index (χ1) is 6.88. The lowest BCUT2D eigenvalue weighted by molar-refractivity contribution is 0.0871. The highest BCUT2D eigenvalue weighted by atomic mass is 79.9. The van der Waals surface area contributed by atoms with Crippen molar-refractivity contribution < 1.29 is 9.13 Å². The molecule has 0 aromatic carbocycles. The van der Waals surface area contributed by atoms with Crippen molar-refractivity contribution in [2.45, 2.75) is 32.4 Å². The van der Waals surface area contributed by atoms with Gasteiger partial charge in [-0.15, -0.1) is 0 Å². The van der Waals surface area contributed by atoms with Gasteiger partial charge in [0, 0.05) is 27.1 Å². The molecule has 15 heavy (non-hydrogen) atoms. The van der Waals surface area contributed by atoms with E-state index in [0.29, 0.717) is 11.2 Å². The molecule has 0 bridgehead atoms. The summed E-state index contributed by atoms with van der Waals surface area (Å²) in [6.45, 7) is 8.10. The minimum absolute atomic E-state index is 0.246. The lowest BCUT2D eigenvalue weighted by Gasteiger charge is -2.15. The highest BCUT2D eigenvalue weighted by Crippen LogP contribution is 2.15. The van der Waals surface area contributed by atoms with Gasteiger partial charge in [-0.1, -0.05) is 19.6 Å². The third-order valence-electron chi connectivity index (χ3n) is 2.02. The number of aromatic nitrogens is 1. The summed E-state index contributed by atoms with van der Waals surface area (Å²) < 4.78 is 20.6. The Kier molecular flexibility index (Phi) is 4.55. The Balaban J connectivity index is 2.26. The number of hydrogen-bond acceptors (Lipinski definition) is 1. The van der Waals surface area contributed by atoms with Crippen LogP contribution in [0.15, 0.2) is 16.9 Å². The fraction of sp³-hybridized carbons (Fsp3) is 0.600. The van der Waals surface area contributed by atoms with Crippen LogP contribution in [-0.2, 0) is 11.5 Å². The second-order valence-corrected chi connectivity index (χ2v) is 11.3. The van der Waals surface area contributed by atoms with Crippen LogP contribution >= 0.6 is 15.9 Å². The summed E-state index contributed by atoms with van der Waals surface area (Å²) in [6.07, 6.45) is 3.11. The maximum Gasteiger partial charge on any atom is 0.155 e. The van der Waals surface area contributed by atoms with Crippen molar-refractivity contribution >= 4 is 24.0 Å². The van der Waals surface area contributed by atoms with E-state index >= 15 is 0 Å². The molecule has 1 aromatic heterocycles. The van der Waals surface area contributed by atoms with Gasteiger partial charge in [-0.2, -0.15) is 0 Å². The smallest absolute Gasteiger partial charge is 0.155 e. The van der Waals surface area contributed by atoms with Gasteiger partial charge in [0.15, 0.2) is 5.82 Å². The molecule has 0 atom stereocenters. The molecule has 0 N–H and O–H groups in total. The van der Waals surface area contributed by atoms with Gasteiger partial charge >= 0.3 is 0 Å². The first-order valence-corrected chi connectivity index (χ1v) is 9.47. The number of nitrogens with zero attached hydrogens (tertiary/aromatic N) is 1. The topological polar surface area (TPSA) is 14.2 Å². The molecule has 5 heteroatoms. The van der Waals surface area contributed by atoms with Crippen molar-refractivity contribution in [3.05, 3.63) is 22.7 Å². The number of hydrogen-bond donors (Lipinski definition) is 0. The molecule has 0 saturated heterocycles. The highest BCUT2D eigenvalue weighted by molar-refractivity contribution is 9.10. The second-order valence-electron chi connectivity index (χ2n) is 4.82. The Morgan fingerprint density at radius 3 is 2.53 bits per heavy atom. The number of halogens is 2. The van der Waals surface area contributed by atoms with Crippen LogP contribution in [0, 0.1) is 5.82 Å². The Labute approximate surface area is 99.6 Å². The van der Waals surface area contributed by atoms with E-state index in [9.17, 15) is 4.39 Å². The summed E-state index contributed by atoms with van der Waals surface area (Å²) in [6, 6.07) is 1.14. The Morgan fingerprint density at radius 1 is 1.40 bits per heavy atom. The van der Waals surface area contributed by atoms with E-state index < -0.39 is 8.07 Å². The Morgan fingerprint density at radius 2 is 2.07 bits per heavy atom. The molecule has 0 spiro atoms. The maximum atomic E-state index is 12.9. The average molecular weight is 294 g/mol. The molecule has 0 aliphatic rings. The van der Waals surface area contributed by atoms with Crippen LogP contribution in [0.5, 0.6) is 0 Å². The van der Waals surface area contributed by atoms with E-state index in [1.165, 1.54) is 6.20 Å². The molecule has 2 nitrogen and oxygen atoms in total. The van der Waals surface area contributed by atoms with Gasteiger partial charge in [0.05, 0.1) is 4.47 Å². The first-order valence-electron chi connectivity index (χ1n) is 4.97. The summed E-state index contributed by atoms with van der Waals surface area (Å²) in [5.41, 5.74) is 0. The number of ether oxygens (including phenoxy) is 1. The monoisotopic (exact) mass is 293 g/mol. The predicted molar refractivity (Wildman–Crippen MR) is 66.2 cm³/mol. The van der Waals surface area contributed by atoms with Crippen LogP contribution in [0.1, 0.15) is 0 Å². The summed E-state index contributed by atoms with van der Waals surface area (Å²) in [7, 11) is -1.02. The van der Waals surface area contributed by atoms with Crippen molar-refractivity contribution in [2.24, 2.45) is 0 Å². The zero-order chi connectivity index (χ0) is 11.5. The summed E-state index contributed by atoms with van der Waals surface area (Å²) in [5.74, 6) is -0.246. The van der Waals surface area contributed by atoms with Gasteiger partial charge in [-0.05, 0) is 22.0 Å². The Bertz CT molecular complexity index is 302. The first kappa shape index (κ1) is 12.9. The Hall–Kier alpha value is -0.133. The summed E-state index contributed by atoms with van der Waals surface area (Å²) >= 11 is 3.11. The molecule has 0 aliphatic heterocycles. The van der Waals surface area contributed by atoms with Gasteiger partial charge in [0.25, 0.3) is 0 Å². The molecule has 0 unspecified atom stereocenters. The molecule has 1 aromatic rings. The van der Waals surface area contributed by atoms with E-state index in [-0.39, 0.29) is 5.82 Å². The molecule has 0 aliphatic carbocycles. The third-order valence-corrected chi connectivity index (χ3v) is 4.31. The zero-order valence-corrected chi connectivity index (χ0v) is 12.0. The lowest BCUT2D eigenvalue weighted by atomic mass is 10.6. The number of rotatable bonds is 5. The van der Waals surface area contributed by atoms with E-state index in [0.717, 1.165) is 12.7 Å². The van der Waals surface area contributed by atoms with Gasteiger partial charge in [-0.25, -0.2) is 4.39 Å². The molecule has 0 amide bonds. The minimum Gasteiger partial charge on any atom is -0.361 e. The molecule has 1 rings (SSSR count). The van der Waals surface area contributed by atoms with Crippen molar-refractivity contribution in [1.82, 2.24) is 4.57 Å². The molecule has 0 radical (unpaired) electrons. The van der Waals surface area contributed by atoms with Crippen LogP contribution in [0.3, 0.4) is 0 Å². The van der Waals surface area contributed by atoms with Gasteiger partial charge in [0.2, 0.25) is 0 Å². The third kappa shape index (κ3) is 4.95. The SMILES string of the molecule is C[Si](C)(C)CCOCn1cc(F)c(Br)c1. The van der Waals surface area contributed by atoms with Crippen molar-refractivity contribution in [1.29, 1.82) is 0 Å². The fourth-order valence-electron chi connectivity index (χ4n) is 1.07. The van der Waals surface area contributed by atoms with E-state index in [2.05, 4.69) is 35.6 Å². The van der Waals surface area contributed by atoms with E-state index in [1.54, 1.807) is 10.8 Å².